The molecule has 1 N–H and O–H groups in total. The number of rotatable bonds is 2. The van der Waals surface area contributed by atoms with Gasteiger partial charge in [-0.1, -0.05) is 6.92 Å². The molecule has 0 unspecified atom stereocenters. The fourth-order valence-corrected chi connectivity index (χ4v) is 1.20. The molecule has 0 aliphatic carbocycles. The van der Waals surface area contributed by atoms with Crippen LogP contribution in [0.4, 0.5) is 4.79 Å². The van der Waals surface area contributed by atoms with E-state index in [2.05, 4.69) is 5.43 Å². The lowest BCUT2D eigenvalue weighted by atomic mass is 10.3. The fourth-order valence-electron chi connectivity index (χ4n) is 1.20. The van der Waals surface area contributed by atoms with E-state index in [1.807, 2.05) is 0 Å². The number of nitrogens with zero attached hydrogens (tertiary/aromatic N) is 2. The Labute approximate surface area is 77.7 Å². The molecule has 0 bridgehead atoms. The summed E-state index contributed by atoms with van der Waals surface area (Å²) in [4.78, 5) is 24.0. The highest BCUT2D eigenvalue weighted by Gasteiger charge is 2.23. The predicted octanol–water partition coefficient (Wildman–Crippen LogP) is 0.185. The highest BCUT2D eigenvalue weighted by atomic mass is 16.2. The highest BCUT2D eigenvalue weighted by molar-refractivity contribution is 5.81. The van der Waals surface area contributed by atoms with Gasteiger partial charge in [0.05, 0.1) is 0 Å². The Hall–Kier alpha value is -1.26. The molecule has 1 fully saturated rings. The predicted molar refractivity (Wildman–Crippen MR) is 47.8 cm³/mol. The lowest BCUT2D eigenvalue weighted by Crippen LogP contribution is -2.55. The van der Waals surface area contributed by atoms with Gasteiger partial charge in [0, 0.05) is 26.6 Å². The first kappa shape index (κ1) is 9.83. The molecule has 1 aliphatic heterocycles. The summed E-state index contributed by atoms with van der Waals surface area (Å²) >= 11 is 0. The largest absolute Gasteiger partial charge is 0.338 e. The molecule has 0 atom stereocenters. The van der Waals surface area contributed by atoms with Crippen LogP contribution in [0, 0.1) is 0 Å². The van der Waals surface area contributed by atoms with Crippen LogP contribution in [-0.2, 0) is 4.79 Å². The van der Waals surface area contributed by atoms with Gasteiger partial charge in [-0.25, -0.2) is 9.80 Å². The Balaban J connectivity index is 2.49. The minimum atomic E-state index is -0.131. The number of hydrogen-bond donors (Lipinski definition) is 1. The zero-order valence-electron chi connectivity index (χ0n) is 8.04. The summed E-state index contributed by atoms with van der Waals surface area (Å²) in [5, 5.41) is 1.37. The molecule has 13 heavy (non-hydrogen) atoms. The SMILES string of the molecule is CCC(=O)NN1CCCN(C)C1=O. The van der Waals surface area contributed by atoms with Crippen LogP contribution in [0.25, 0.3) is 0 Å². The second-order valence-corrected chi connectivity index (χ2v) is 3.10. The molecule has 5 nitrogen and oxygen atoms in total. The topological polar surface area (TPSA) is 52.7 Å². The molecule has 1 saturated heterocycles. The molecular formula is C8H15N3O2. The Morgan fingerprint density at radius 3 is 2.85 bits per heavy atom. The van der Waals surface area contributed by atoms with Crippen molar-refractivity contribution >= 4 is 11.9 Å². The first-order valence-electron chi connectivity index (χ1n) is 4.47. The van der Waals surface area contributed by atoms with Crippen LogP contribution in [0.2, 0.25) is 0 Å². The minimum absolute atomic E-state index is 0.122. The highest BCUT2D eigenvalue weighted by Crippen LogP contribution is 2.03. The van der Waals surface area contributed by atoms with Gasteiger partial charge in [0.2, 0.25) is 5.91 Å². The van der Waals surface area contributed by atoms with Gasteiger partial charge in [-0.2, -0.15) is 0 Å². The van der Waals surface area contributed by atoms with Gasteiger partial charge >= 0.3 is 6.03 Å². The van der Waals surface area contributed by atoms with Gasteiger partial charge < -0.3 is 4.90 Å². The van der Waals surface area contributed by atoms with Gasteiger partial charge in [-0.15, -0.1) is 0 Å². The summed E-state index contributed by atoms with van der Waals surface area (Å²) in [5.41, 5.74) is 2.55. The van der Waals surface area contributed by atoms with E-state index in [-0.39, 0.29) is 11.9 Å². The zero-order chi connectivity index (χ0) is 9.84. The van der Waals surface area contributed by atoms with Crippen molar-refractivity contribution in [1.82, 2.24) is 15.3 Å². The number of carbonyl (C=O) groups excluding carboxylic acids is 2. The van der Waals surface area contributed by atoms with E-state index in [9.17, 15) is 9.59 Å². The van der Waals surface area contributed by atoms with Crippen molar-refractivity contribution in [3.8, 4) is 0 Å². The fraction of sp³-hybridized carbons (Fsp3) is 0.750. The van der Waals surface area contributed by atoms with Crippen LogP contribution in [0.1, 0.15) is 19.8 Å². The van der Waals surface area contributed by atoms with Crippen LogP contribution >= 0.6 is 0 Å². The van der Waals surface area contributed by atoms with E-state index in [0.29, 0.717) is 13.0 Å². The van der Waals surface area contributed by atoms with Crippen molar-refractivity contribution in [3.63, 3.8) is 0 Å². The molecule has 74 valence electrons. The maximum absolute atomic E-state index is 11.4. The lowest BCUT2D eigenvalue weighted by molar-refractivity contribution is -0.125. The van der Waals surface area contributed by atoms with Crippen LogP contribution in [-0.4, -0.2) is 42.0 Å². The molecule has 0 aromatic heterocycles. The van der Waals surface area contributed by atoms with Crippen molar-refractivity contribution in [2.24, 2.45) is 0 Å². The average molecular weight is 185 g/mol. The molecule has 0 spiro atoms. The van der Waals surface area contributed by atoms with Crippen molar-refractivity contribution in [2.75, 3.05) is 20.1 Å². The molecule has 5 heteroatoms. The first-order valence-corrected chi connectivity index (χ1v) is 4.47. The third-order valence-electron chi connectivity index (χ3n) is 2.01. The minimum Gasteiger partial charge on any atom is -0.326 e. The third kappa shape index (κ3) is 2.34. The van der Waals surface area contributed by atoms with Crippen LogP contribution < -0.4 is 5.43 Å². The quantitative estimate of drug-likeness (QED) is 0.667. The molecule has 1 heterocycles. The number of hydrogen-bond acceptors (Lipinski definition) is 2. The molecule has 0 radical (unpaired) electrons. The molecule has 0 aromatic carbocycles. The van der Waals surface area contributed by atoms with E-state index in [1.54, 1.807) is 18.9 Å². The van der Waals surface area contributed by atoms with E-state index in [1.165, 1.54) is 5.01 Å². The Morgan fingerprint density at radius 2 is 2.23 bits per heavy atom. The maximum Gasteiger partial charge on any atom is 0.338 e. The van der Waals surface area contributed by atoms with E-state index >= 15 is 0 Å². The smallest absolute Gasteiger partial charge is 0.326 e. The maximum atomic E-state index is 11.4. The molecule has 1 rings (SSSR count). The van der Waals surface area contributed by atoms with Gasteiger partial charge in [-0.3, -0.25) is 10.2 Å². The van der Waals surface area contributed by atoms with E-state index in [0.717, 1.165) is 13.0 Å². The molecule has 1 aliphatic rings. The van der Waals surface area contributed by atoms with Crippen LogP contribution in [0.5, 0.6) is 0 Å². The summed E-state index contributed by atoms with van der Waals surface area (Å²) in [6.07, 6.45) is 1.29. The number of urea groups is 1. The lowest BCUT2D eigenvalue weighted by Gasteiger charge is -2.32. The van der Waals surface area contributed by atoms with Crippen molar-refractivity contribution in [1.29, 1.82) is 0 Å². The third-order valence-corrected chi connectivity index (χ3v) is 2.01. The molecule has 0 aromatic rings. The van der Waals surface area contributed by atoms with Gasteiger partial charge in [0.1, 0.15) is 0 Å². The Kier molecular flexibility index (Phi) is 3.11. The summed E-state index contributed by atoms with van der Waals surface area (Å²) in [7, 11) is 1.73. The van der Waals surface area contributed by atoms with Crippen molar-refractivity contribution in [2.45, 2.75) is 19.8 Å². The van der Waals surface area contributed by atoms with Crippen LogP contribution in [0.3, 0.4) is 0 Å². The zero-order valence-corrected chi connectivity index (χ0v) is 8.04. The standard InChI is InChI=1S/C8H15N3O2/c1-3-7(12)9-11-6-4-5-10(2)8(11)13/h3-6H2,1-2H3,(H,9,12). The van der Waals surface area contributed by atoms with Gasteiger partial charge in [0.15, 0.2) is 0 Å². The Bertz CT molecular complexity index is 217. The normalized spacial score (nSPS) is 17.5. The second kappa shape index (κ2) is 4.11. The monoisotopic (exact) mass is 185 g/mol. The second-order valence-electron chi connectivity index (χ2n) is 3.10. The number of nitrogens with one attached hydrogen (secondary N) is 1. The number of amides is 3. The summed E-state index contributed by atoms with van der Waals surface area (Å²) in [5.74, 6) is -0.122. The Morgan fingerprint density at radius 1 is 1.54 bits per heavy atom. The molecular weight excluding hydrogens is 170 g/mol. The van der Waals surface area contributed by atoms with E-state index in [4.69, 9.17) is 0 Å². The number of hydrazine groups is 1. The molecule has 3 amide bonds. The first-order chi connectivity index (χ1) is 6.15. The summed E-state index contributed by atoms with van der Waals surface area (Å²) < 4.78 is 0. The van der Waals surface area contributed by atoms with Crippen LogP contribution in [0.15, 0.2) is 0 Å². The molecule has 0 saturated carbocycles. The van der Waals surface area contributed by atoms with Crippen molar-refractivity contribution in [3.05, 3.63) is 0 Å². The number of carbonyl (C=O) groups is 2. The van der Waals surface area contributed by atoms with Gasteiger partial charge in [-0.05, 0) is 6.42 Å². The summed E-state index contributed by atoms with van der Waals surface area (Å²) in [6, 6.07) is -0.131. The average Bonchev–Trinajstić information content (AvgIpc) is 2.13. The van der Waals surface area contributed by atoms with Crippen molar-refractivity contribution < 1.29 is 9.59 Å². The summed E-state index contributed by atoms with van der Waals surface area (Å²) in [6.45, 7) is 3.12. The van der Waals surface area contributed by atoms with E-state index < -0.39 is 0 Å². The van der Waals surface area contributed by atoms with Gasteiger partial charge in [0.25, 0.3) is 0 Å².